The fraction of sp³-hybridized carbons (Fsp3) is 0.333. The van der Waals surface area contributed by atoms with Gasteiger partial charge in [0.1, 0.15) is 6.04 Å². The second kappa shape index (κ2) is 7.93. The molecule has 1 aromatic rings. The quantitative estimate of drug-likeness (QED) is 0.330. The summed E-state index contributed by atoms with van der Waals surface area (Å²) in [5.41, 5.74) is 0.331. The van der Waals surface area contributed by atoms with Gasteiger partial charge < -0.3 is 25.4 Å². The lowest BCUT2D eigenvalue weighted by Gasteiger charge is -2.15. The van der Waals surface area contributed by atoms with Crippen LogP contribution in [0.1, 0.15) is 5.56 Å². The van der Waals surface area contributed by atoms with Crippen LogP contribution in [-0.4, -0.2) is 51.5 Å². The molecule has 0 radical (unpaired) electrons. The molecule has 23 heavy (non-hydrogen) atoms. The smallest absolute Gasteiger partial charge is 0.504 e. The van der Waals surface area contributed by atoms with Gasteiger partial charge in [0.15, 0.2) is 11.5 Å². The third kappa shape index (κ3) is 6.66. The van der Waals surface area contributed by atoms with Gasteiger partial charge in [-0.05, 0) is 24.7 Å². The lowest BCUT2D eigenvalue weighted by molar-refractivity contribution is -0.141. The molecule has 10 nitrogen and oxygen atoms in total. The van der Waals surface area contributed by atoms with Gasteiger partial charge in [0, 0.05) is 6.42 Å². The molecular formula is C12H17N2O8P. The third-order valence-electron chi connectivity index (χ3n) is 2.65. The maximum Gasteiger partial charge on any atom is 0.524 e. The summed E-state index contributed by atoms with van der Waals surface area (Å²) in [6.07, 6.45) is -0.130. The Labute approximate surface area is 131 Å². The summed E-state index contributed by atoms with van der Waals surface area (Å²) in [7, 11) is -3.28. The Kier molecular flexibility index (Phi) is 6.52. The van der Waals surface area contributed by atoms with Gasteiger partial charge >= 0.3 is 13.8 Å². The molecule has 11 heteroatoms. The molecule has 0 aliphatic heterocycles. The highest BCUT2D eigenvalue weighted by molar-refractivity contribution is 7.46. The average molecular weight is 348 g/mol. The number of likely N-dealkylation sites (N-methyl/N-ethyl adjacent to an activating group) is 1. The minimum absolute atomic E-state index is 0.0515. The van der Waals surface area contributed by atoms with Crippen molar-refractivity contribution >= 4 is 19.7 Å². The number of carboxylic acid groups (broad SMARTS) is 1. The van der Waals surface area contributed by atoms with Crippen LogP contribution in [0.4, 0.5) is 0 Å². The number of phosphoric ester groups is 1. The van der Waals surface area contributed by atoms with E-state index in [1.165, 1.54) is 13.1 Å². The van der Waals surface area contributed by atoms with Crippen LogP contribution in [0.2, 0.25) is 0 Å². The summed E-state index contributed by atoms with van der Waals surface area (Å²) in [5.74, 6) is -2.76. The summed E-state index contributed by atoms with van der Waals surface area (Å²) in [4.78, 5) is 39.9. The molecule has 0 unspecified atom stereocenters. The van der Waals surface area contributed by atoms with Crippen molar-refractivity contribution in [3.05, 3.63) is 23.8 Å². The number of carbonyl (C=O) groups excluding carboxylic acids is 1. The molecule has 0 saturated carbocycles. The van der Waals surface area contributed by atoms with E-state index in [1.807, 2.05) is 0 Å². The highest BCUT2D eigenvalue weighted by Gasteiger charge is 2.22. The van der Waals surface area contributed by atoms with Crippen molar-refractivity contribution in [1.82, 2.24) is 10.6 Å². The van der Waals surface area contributed by atoms with Crippen LogP contribution in [0, 0.1) is 0 Å². The molecule has 0 aromatic heterocycles. The third-order valence-corrected chi connectivity index (χ3v) is 3.09. The van der Waals surface area contributed by atoms with Crippen LogP contribution in [0.25, 0.3) is 0 Å². The molecule has 1 amide bonds. The van der Waals surface area contributed by atoms with Crippen LogP contribution in [0.3, 0.4) is 0 Å². The highest BCUT2D eigenvalue weighted by atomic mass is 31.2. The number of phosphoric acid groups is 1. The first kappa shape index (κ1) is 18.9. The zero-order valence-electron chi connectivity index (χ0n) is 12.1. The minimum Gasteiger partial charge on any atom is -0.504 e. The number of aliphatic carboxylic acids is 1. The van der Waals surface area contributed by atoms with Crippen molar-refractivity contribution in [2.45, 2.75) is 12.5 Å². The van der Waals surface area contributed by atoms with Gasteiger partial charge in [0.05, 0.1) is 6.54 Å². The largest absolute Gasteiger partial charge is 0.524 e. The number of benzene rings is 1. The number of hydrogen-bond donors (Lipinski definition) is 6. The van der Waals surface area contributed by atoms with E-state index in [-0.39, 0.29) is 13.0 Å². The van der Waals surface area contributed by atoms with Gasteiger partial charge in [0.2, 0.25) is 5.91 Å². The molecule has 0 spiro atoms. The Morgan fingerprint density at radius 2 is 2.00 bits per heavy atom. The predicted octanol–water partition coefficient (Wildman–Crippen LogP) is -0.805. The van der Waals surface area contributed by atoms with E-state index in [2.05, 4.69) is 15.2 Å². The minimum atomic E-state index is -4.82. The number of carbonyl (C=O) groups is 2. The first-order chi connectivity index (χ1) is 10.6. The SMILES string of the molecule is CNCC(=O)N[C@@H](Cc1ccc(OP(=O)(O)O)c(O)c1)C(=O)O. The Morgan fingerprint density at radius 1 is 1.35 bits per heavy atom. The first-order valence-electron chi connectivity index (χ1n) is 6.36. The standard InChI is InChI=1S/C12H17N2O8P/c1-13-6-11(16)14-8(12(17)18)4-7-2-3-10(9(15)5-7)22-23(19,20)21/h2-3,5,8,13,15H,4,6H2,1H3,(H,14,16)(H,17,18)(H2,19,20,21)/t8-/m0/s1. The second-order valence-corrected chi connectivity index (χ2v) is 5.74. The van der Waals surface area contributed by atoms with E-state index in [9.17, 15) is 19.3 Å². The summed E-state index contributed by atoms with van der Waals surface area (Å²) < 4.78 is 15.0. The summed E-state index contributed by atoms with van der Waals surface area (Å²) >= 11 is 0. The van der Waals surface area contributed by atoms with Crippen LogP contribution < -0.4 is 15.2 Å². The number of amides is 1. The predicted molar refractivity (Wildman–Crippen MR) is 78.0 cm³/mol. The maximum atomic E-state index is 11.4. The summed E-state index contributed by atoms with van der Waals surface area (Å²) in [6, 6.07) is 2.30. The van der Waals surface area contributed by atoms with Gasteiger partial charge in [-0.25, -0.2) is 9.36 Å². The average Bonchev–Trinajstić information content (AvgIpc) is 2.40. The van der Waals surface area contributed by atoms with Gasteiger partial charge in [-0.1, -0.05) is 6.07 Å². The fourth-order valence-corrected chi connectivity index (χ4v) is 2.15. The molecule has 1 rings (SSSR count). The van der Waals surface area contributed by atoms with Crippen molar-refractivity contribution in [2.75, 3.05) is 13.6 Å². The van der Waals surface area contributed by atoms with Crippen molar-refractivity contribution in [2.24, 2.45) is 0 Å². The Morgan fingerprint density at radius 3 is 2.48 bits per heavy atom. The van der Waals surface area contributed by atoms with Crippen molar-refractivity contribution in [3.8, 4) is 11.5 Å². The molecule has 0 bridgehead atoms. The van der Waals surface area contributed by atoms with Crippen molar-refractivity contribution in [3.63, 3.8) is 0 Å². The van der Waals surface area contributed by atoms with Crippen LogP contribution in [-0.2, 0) is 20.6 Å². The molecule has 0 saturated heterocycles. The normalized spacial score (nSPS) is 12.5. The fourth-order valence-electron chi connectivity index (χ4n) is 1.74. The number of rotatable bonds is 8. The van der Waals surface area contributed by atoms with Crippen molar-refractivity contribution < 1.29 is 38.7 Å². The lowest BCUT2D eigenvalue weighted by Crippen LogP contribution is -2.45. The molecule has 1 atom stereocenters. The number of hydrogen-bond acceptors (Lipinski definition) is 6. The number of carboxylic acids is 1. The molecular weight excluding hydrogens is 331 g/mol. The monoisotopic (exact) mass is 348 g/mol. The Bertz CT molecular complexity index is 629. The zero-order chi connectivity index (χ0) is 17.6. The molecule has 128 valence electrons. The van der Waals surface area contributed by atoms with E-state index in [0.29, 0.717) is 5.56 Å². The number of phenols is 1. The van der Waals surface area contributed by atoms with Gasteiger partial charge in [0.25, 0.3) is 0 Å². The van der Waals surface area contributed by atoms with Gasteiger partial charge in [-0.15, -0.1) is 0 Å². The van der Waals surface area contributed by atoms with E-state index < -0.39 is 37.2 Å². The summed E-state index contributed by atoms with van der Waals surface area (Å²) in [6.45, 7) is -0.0515. The topological polar surface area (TPSA) is 165 Å². The van der Waals surface area contributed by atoms with E-state index in [4.69, 9.17) is 14.9 Å². The molecule has 0 fully saturated rings. The van der Waals surface area contributed by atoms with Crippen LogP contribution >= 0.6 is 7.82 Å². The Hall–Kier alpha value is -2.13. The van der Waals surface area contributed by atoms with E-state index >= 15 is 0 Å². The lowest BCUT2D eigenvalue weighted by atomic mass is 10.1. The van der Waals surface area contributed by atoms with Crippen LogP contribution in [0.5, 0.6) is 11.5 Å². The first-order valence-corrected chi connectivity index (χ1v) is 7.89. The molecule has 6 N–H and O–H groups in total. The zero-order valence-corrected chi connectivity index (χ0v) is 13.0. The number of nitrogens with one attached hydrogen (secondary N) is 2. The number of aromatic hydroxyl groups is 1. The molecule has 0 aliphatic carbocycles. The second-order valence-electron chi connectivity index (χ2n) is 4.58. The van der Waals surface area contributed by atoms with Crippen LogP contribution in [0.15, 0.2) is 18.2 Å². The highest BCUT2D eigenvalue weighted by Crippen LogP contribution is 2.41. The van der Waals surface area contributed by atoms with Gasteiger partial charge in [-0.3, -0.25) is 14.6 Å². The van der Waals surface area contributed by atoms with Crippen molar-refractivity contribution in [1.29, 1.82) is 0 Å². The maximum absolute atomic E-state index is 11.4. The van der Waals surface area contributed by atoms with E-state index in [0.717, 1.165) is 12.1 Å². The Balaban J connectivity index is 2.85. The molecule has 0 aliphatic rings. The molecule has 1 aromatic carbocycles. The summed E-state index contributed by atoms with van der Waals surface area (Å²) in [5, 5.41) is 23.6. The van der Waals surface area contributed by atoms with Gasteiger partial charge in [-0.2, -0.15) is 0 Å². The molecule has 0 heterocycles. The van der Waals surface area contributed by atoms with E-state index in [1.54, 1.807) is 0 Å². The number of phenolic OH excluding ortho intramolecular Hbond substituents is 1.